The van der Waals surface area contributed by atoms with Gasteiger partial charge in [-0.1, -0.05) is 38.8 Å². The molecule has 2 fully saturated rings. The monoisotopic (exact) mass is 474 g/mol. The fourth-order valence-corrected chi connectivity index (χ4v) is 8.29. The average molecular weight is 475 g/mol. The lowest BCUT2D eigenvalue weighted by Crippen LogP contribution is -2.24. The Morgan fingerprint density at radius 3 is 1.74 bits per heavy atom. The van der Waals surface area contributed by atoms with Crippen LogP contribution in [0.25, 0.3) is 0 Å². The Morgan fingerprint density at radius 2 is 1.32 bits per heavy atom. The van der Waals surface area contributed by atoms with Crippen LogP contribution in [0.15, 0.2) is 12.2 Å². The summed E-state index contributed by atoms with van der Waals surface area (Å²) in [4.78, 5) is 11.2. The van der Waals surface area contributed by atoms with E-state index in [1.165, 1.54) is 0 Å². The van der Waals surface area contributed by atoms with E-state index in [9.17, 15) is 23.4 Å². The second kappa shape index (κ2) is 11.6. The summed E-state index contributed by atoms with van der Waals surface area (Å²) in [6, 6.07) is 0. The summed E-state index contributed by atoms with van der Waals surface area (Å²) in [5.74, 6) is -0.777. The van der Waals surface area contributed by atoms with Crippen LogP contribution in [0.2, 0.25) is 0 Å². The standard InChI is InChI=1S/C24H42O5S2/c1-23(2,17-25)15-5-7-18-9-11-20(30(18)28)13-14-21-12-10-19(31(21)29)8-6-16-24(3,4)22(26)27/h13-14,18-21,25H,5-12,15-17H2,1-4H3,(H,26,27)/b14-13-. The summed E-state index contributed by atoms with van der Waals surface area (Å²) in [5.41, 5.74) is -0.790. The van der Waals surface area contributed by atoms with Crippen LogP contribution in [0.3, 0.4) is 0 Å². The molecule has 2 aliphatic rings. The van der Waals surface area contributed by atoms with Crippen molar-refractivity contribution in [2.75, 3.05) is 6.61 Å². The minimum absolute atomic E-state index is 0.0406. The molecular weight excluding hydrogens is 432 g/mol. The molecule has 0 aromatic rings. The van der Waals surface area contributed by atoms with Crippen molar-refractivity contribution in [1.82, 2.24) is 0 Å². The molecule has 5 nitrogen and oxygen atoms in total. The Kier molecular flexibility index (Phi) is 9.96. The largest absolute Gasteiger partial charge is 0.481 e. The fraction of sp³-hybridized carbons (Fsp3) is 0.875. The summed E-state index contributed by atoms with van der Waals surface area (Å²) in [5, 5.41) is 19.1. The van der Waals surface area contributed by atoms with E-state index in [0.29, 0.717) is 6.42 Å². The first-order valence-corrected chi connectivity index (χ1v) is 14.3. The van der Waals surface area contributed by atoms with Gasteiger partial charge in [0.15, 0.2) is 0 Å². The van der Waals surface area contributed by atoms with Crippen molar-refractivity contribution in [2.24, 2.45) is 10.8 Å². The van der Waals surface area contributed by atoms with Gasteiger partial charge >= 0.3 is 5.97 Å². The van der Waals surface area contributed by atoms with Crippen LogP contribution in [0.4, 0.5) is 0 Å². The van der Waals surface area contributed by atoms with Crippen LogP contribution in [-0.2, 0) is 26.4 Å². The minimum atomic E-state index is -0.930. The van der Waals surface area contributed by atoms with Gasteiger partial charge in [-0.15, -0.1) is 0 Å². The van der Waals surface area contributed by atoms with E-state index in [4.69, 9.17) is 0 Å². The van der Waals surface area contributed by atoms with E-state index in [1.807, 2.05) is 0 Å². The van der Waals surface area contributed by atoms with Gasteiger partial charge in [0, 0.05) is 38.7 Å². The zero-order chi connectivity index (χ0) is 23.2. The van der Waals surface area contributed by atoms with Crippen LogP contribution >= 0.6 is 0 Å². The molecule has 0 saturated carbocycles. The Hall–Kier alpha value is -0.530. The number of carboxylic acids is 1. The van der Waals surface area contributed by atoms with Crippen molar-refractivity contribution in [3.63, 3.8) is 0 Å². The van der Waals surface area contributed by atoms with E-state index in [0.717, 1.165) is 57.8 Å². The van der Waals surface area contributed by atoms with Crippen molar-refractivity contribution >= 4 is 27.6 Å². The highest BCUT2D eigenvalue weighted by Crippen LogP contribution is 2.33. The van der Waals surface area contributed by atoms with E-state index in [1.54, 1.807) is 13.8 Å². The first-order valence-electron chi connectivity index (χ1n) is 11.8. The topological polar surface area (TPSA) is 91.7 Å². The number of hydrogen-bond donors (Lipinski definition) is 2. The Balaban J connectivity index is 1.76. The molecule has 2 saturated heterocycles. The molecule has 0 aromatic carbocycles. The highest BCUT2D eigenvalue weighted by Gasteiger charge is 2.34. The molecule has 2 aliphatic heterocycles. The van der Waals surface area contributed by atoms with Crippen molar-refractivity contribution in [3.8, 4) is 0 Å². The normalized spacial score (nSPS) is 32.2. The molecule has 0 bridgehead atoms. The summed E-state index contributed by atoms with van der Waals surface area (Å²) < 4.78 is 25.7. The van der Waals surface area contributed by atoms with Gasteiger partial charge in [-0.05, 0) is 70.6 Å². The van der Waals surface area contributed by atoms with Crippen molar-refractivity contribution in [2.45, 2.75) is 113 Å². The van der Waals surface area contributed by atoms with Gasteiger partial charge < -0.3 is 10.2 Å². The molecule has 2 N–H and O–H groups in total. The highest BCUT2D eigenvalue weighted by molar-refractivity contribution is 7.87. The zero-order valence-corrected chi connectivity index (χ0v) is 21.3. The third-order valence-electron chi connectivity index (χ3n) is 7.06. The lowest BCUT2D eigenvalue weighted by atomic mass is 9.87. The summed E-state index contributed by atoms with van der Waals surface area (Å²) in [6.45, 7) is 7.80. The van der Waals surface area contributed by atoms with Crippen LogP contribution in [-0.4, -0.2) is 52.2 Å². The summed E-state index contributed by atoms with van der Waals surface area (Å²) in [7, 11) is -1.80. The second-order valence-electron chi connectivity index (χ2n) is 10.8. The average Bonchev–Trinajstić information content (AvgIpc) is 3.23. The summed E-state index contributed by atoms with van der Waals surface area (Å²) >= 11 is 0. The van der Waals surface area contributed by atoms with Gasteiger partial charge in [0.05, 0.1) is 15.9 Å². The van der Waals surface area contributed by atoms with E-state index in [2.05, 4.69) is 26.0 Å². The van der Waals surface area contributed by atoms with Gasteiger partial charge in [-0.2, -0.15) is 0 Å². The number of carbonyl (C=O) groups is 1. The molecule has 6 atom stereocenters. The maximum atomic E-state index is 12.9. The molecule has 0 amide bonds. The minimum Gasteiger partial charge on any atom is -0.481 e. The molecule has 0 aromatic heterocycles. The number of aliphatic hydroxyl groups is 1. The first kappa shape index (κ1) is 26.7. The van der Waals surface area contributed by atoms with Crippen LogP contribution in [0.1, 0.15) is 91.9 Å². The number of rotatable bonds is 12. The van der Waals surface area contributed by atoms with E-state index >= 15 is 0 Å². The molecule has 2 rings (SSSR count). The maximum Gasteiger partial charge on any atom is 0.309 e. The molecule has 2 heterocycles. The Morgan fingerprint density at radius 1 is 0.871 bits per heavy atom. The van der Waals surface area contributed by atoms with Crippen molar-refractivity contribution in [1.29, 1.82) is 0 Å². The number of carboxylic acid groups (broad SMARTS) is 1. The highest BCUT2D eigenvalue weighted by atomic mass is 32.2. The van der Waals surface area contributed by atoms with Crippen molar-refractivity contribution < 1.29 is 23.4 Å². The first-order chi connectivity index (χ1) is 14.5. The predicted molar refractivity (Wildman–Crippen MR) is 129 cm³/mol. The SMILES string of the molecule is CC(C)(CO)CCCC1CCC(/C=C\C2CCC(CCCC(C)(C)C(=O)O)S2=O)S1=O. The number of aliphatic hydroxyl groups excluding tert-OH is 1. The van der Waals surface area contributed by atoms with Gasteiger partial charge in [0.1, 0.15) is 0 Å². The fourth-order valence-electron chi connectivity index (χ4n) is 4.54. The summed E-state index contributed by atoms with van der Waals surface area (Å²) in [6.07, 6.45) is 12.9. The smallest absolute Gasteiger partial charge is 0.309 e. The molecule has 0 aliphatic carbocycles. The van der Waals surface area contributed by atoms with E-state index < -0.39 is 33.0 Å². The Labute approximate surface area is 193 Å². The molecule has 180 valence electrons. The van der Waals surface area contributed by atoms with Gasteiger partial charge in [0.2, 0.25) is 0 Å². The van der Waals surface area contributed by atoms with Crippen LogP contribution in [0, 0.1) is 10.8 Å². The quantitative estimate of drug-likeness (QED) is 0.404. The van der Waals surface area contributed by atoms with Crippen LogP contribution in [0.5, 0.6) is 0 Å². The number of aliphatic carboxylic acids is 1. The van der Waals surface area contributed by atoms with Gasteiger partial charge in [0.25, 0.3) is 0 Å². The molecule has 31 heavy (non-hydrogen) atoms. The maximum absolute atomic E-state index is 12.9. The lowest BCUT2D eigenvalue weighted by Gasteiger charge is -2.22. The third kappa shape index (κ3) is 7.78. The van der Waals surface area contributed by atoms with E-state index in [-0.39, 0.29) is 33.0 Å². The zero-order valence-electron chi connectivity index (χ0n) is 19.7. The molecular formula is C24H42O5S2. The molecule has 0 radical (unpaired) electrons. The van der Waals surface area contributed by atoms with Gasteiger partial charge in [-0.3, -0.25) is 13.2 Å². The molecule has 0 spiro atoms. The lowest BCUT2D eigenvalue weighted by molar-refractivity contribution is -0.147. The van der Waals surface area contributed by atoms with Crippen molar-refractivity contribution in [3.05, 3.63) is 12.2 Å². The molecule has 6 unspecified atom stereocenters. The third-order valence-corrected chi connectivity index (χ3v) is 11.3. The second-order valence-corrected chi connectivity index (χ2v) is 14.7. The van der Waals surface area contributed by atoms with Gasteiger partial charge in [-0.25, -0.2) is 0 Å². The predicted octanol–water partition coefficient (Wildman–Crippen LogP) is 4.57. The number of hydrogen-bond acceptors (Lipinski definition) is 4. The van der Waals surface area contributed by atoms with Crippen LogP contribution < -0.4 is 0 Å². The molecule has 7 heteroatoms. The Bertz CT molecular complexity index is 685.